The van der Waals surface area contributed by atoms with E-state index in [4.69, 9.17) is 4.74 Å². The van der Waals surface area contributed by atoms with Gasteiger partial charge in [-0.15, -0.1) is 11.8 Å². The zero-order valence-corrected chi connectivity index (χ0v) is 18.8. The second-order valence-corrected chi connectivity index (χ2v) is 8.37. The van der Waals surface area contributed by atoms with Crippen molar-refractivity contribution in [3.05, 3.63) is 82.0 Å². The normalized spacial score (nSPS) is 15.4. The number of carbonyl (C=O) groups excluding carboxylic acids is 2. The average molecular weight is 469 g/mol. The van der Waals surface area contributed by atoms with Crippen molar-refractivity contribution in [2.75, 3.05) is 24.1 Å². The summed E-state index contributed by atoms with van der Waals surface area (Å²) in [7, 11) is 1.55. The zero-order valence-electron chi connectivity index (χ0n) is 17.9. The highest BCUT2D eigenvalue weighted by Crippen LogP contribution is 2.24. The fraction of sp³-hybridized carbons (Fsp3) is 0.217. The first-order chi connectivity index (χ1) is 15.9. The standard InChI is InChI=1S/C23H21FN4O4S/c1-14-11-20(29)21(26-28(14)18-6-4-3-5-17(18)24)23(31)27-13-33-12-19(27)22(30)25-15-7-9-16(32-2)10-8-15/h3-11,19H,12-13H2,1-2H3,(H,25,30). The van der Waals surface area contributed by atoms with Crippen LogP contribution in [0, 0.1) is 12.7 Å². The maximum Gasteiger partial charge on any atom is 0.279 e. The highest BCUT2D eigenvalue weighted by molar-refractivity contribution is 7.99. The Bertz CT molecular complexity index is 1260. The van der Waals surface area contributed by atoms with E-state index in [9.17, 15) is 18.8 Å². The van der Waals surface area contributed by atoms with Crippen molar-refractivity contribution in [3.63, 3.8) is 0 Å². The number of rotatable bonds is 5. The number of methoxy groups -OCH3 is 1. The first kappa shape index (κ1) is 22.5. The Morgan fingerprint density at radius 3 is 2.61 bits per heavy atom. The van der Waals surface area contributed by atoms with Gasteiger partial charge < -0.3 is 15.0 Å². The van der Waals surface area contributed by atoms with Gasteiger partial charge in [0.2, 0.25) is 11.3 Å². The molecule has 1 aliphatic rings. The van der Waals surface area contributed by atoms with Crippen LogP contribution in [0.15, 0.2) is 59.4 Å². The molecule has 1 fully saturated rings. The van der Waals surface area contributed by atoms with E-state index in [0.29, 0.717) is 22.9 Å². The van der Waals surface area contributed by atoms with Gasteiger partial charge in [0, 0.05) is 23.2 Å². The van der Waals surface area contributed by atoms with Gasteiger partial charge in [-0.2, -0.15) is 5.10 Å². The van der Waals surface area contributed by atoms with Crippen LogP contribution in [0.5, 0.6) is 5.75 Å². The largest absolute Gasteiger partial charge is 0.497 e. The van der Waals surface area contributed by atoms with Gasteiger partial charge >= 0.3 is 0 Å². The van der Waals surface area contributed by atoms with E-state index in [1.54, 1.807) is 44.4 Å². The number of hydrogen-bond acceptors (Lipinski definition) is 6. The van der Waals surface area contributed by atoms with Crippen molar-refractivity contribution < 1.29 is 18.7 Å². The molecule has 1 saturated heterocycles. The second kappa shape index (κ2) is 9.45. The molecule has 4 rings (SSSR count). The maximum atomic E-state index is 14.3. The lowest BCUT2D eigenvalue weighted by Gasteiger charge is -2.23. The summed E-state index contributed by atoms with van der Waals surface area (Å²) >= 11 is 1.40. The van der Waals surface area contributed by atoms with Crippen LogP contribution >= 0.6 is 11.8 Å². The molecule has 1 aliphatic heterocycles. The van der Waals surface area contributed by atoms with Crippen molar-refractivity contribution in [3.8, 4) is 11.4 Å². The van der Waals surface area contributed by atoms with E-state index in [2.05, 4.69) is 10.4 Å². The maximum absolute atomic E-state index is 14.3. The predicted octanol–water partition coefficient (Wildman–Crippen LogP) is 2.84. The number of carbonyl (C=O) groups is 2. The number of amides is 2. The molecule has 170 valence electrons. The smallest absolute Gasteiger partial charge is 0.279 e. The first-order valence-corrected chi connectivity index (χ1v) is 11.2. The number of nitrogens with one attached hydrogen (secondary N) is 1. The summed E-state index contributed by atoms with van der Waals surface area (Å²) in [6.45, 7) is 1.60. The molecule has 1 aromatic heterocycles. The van der Waals surface area contributed by atoms with Gasteiger partial charge in [0.1, 0.15) is 23.3 Å². The van der Waals surface area contributed by atoms with Crippen LogP contribution in [0.1, 0.15) is 16.2 Å². The summed E-state index contributed by atoms with van der Waals surface area (Å²) < 4.78 is 20.6. The molecule has 2 aromatic carbocycles. The van der Waals surface area contributed by atoms with Gasteiger partial charge in [0.05, 0.1) is 13.0 Å². The number of aryl methyl sites for hydroxylation is 1. The fourth-order valence-electron chi connectivity index (χ4n) is 3.46. The minimum Gasteiger partial charge on any atom is -0.497 e. The van der Waals surface area contributed by atoms with E-state index in [-0.39, 0.29) is 23.2 Å². The Kier molecular flexibility index (Phi) is 6.45. The Morgan fingerprint density at radius 2 is 1.91 bits per heavy atom. The Labute approximate surface area is 193 Å². The molecule has 10 heteroatoms. The SMILES string of the molecule is COc1ccc(NC(=O)C2CSCN2C(=O)c2nn(-c3ccccc3F)c(C)cc2=O)cc1. The van der Waals surface area contributed by atoms with Crippen LogP contribution in [0.4, 0.5) is 10.1 Å². The van der Waals surface area contributed by atoms with E-state index in [0.717, 1.165) is 0 Å². The summed E-state index contributed by atoms with van der Waals surface area (Å²) in [6.07, 6.45) is 0. The summed E-state index contributed by atoms with van der Waals surface area (Å²) in [6, 6.07) is 13.2. The third kappa shape index (κ3) is 4.61. The summed E-state index contributed by atoms with van der Waals surface area (Å²) in [5.74, 6) is -0.332. The number of aromatic nitrogens is 2. The number of hydrogen-bond donors (Lipinski definition) is 1. The first-order valence-electron chi connectivity index (χ1n) is 10.1. The van der Waals surface area contributed by atoms with Gasteiger partial charge in [-0.05, 0) is 43.3 Å². The molecule has 2 amide bonds. The lowest BCUT2D eigenvalue weighted by Crippen LogP contribution is -2.46. The third-order valence-corrected chi connectivity index (χ3v) is 6.21. The quantitative estimate of drug-likeness (QED) is 0.619. The lowest BCUT2D eigenvalue weighted by atomic mass is 10.2. The molecule has 2 heterocycles. The van der Waals surface area contributed by atoms with Gasteiger partial charge in [-0.3, -0.25) is 14.4 Å². The van der Waals surface area contributed by atoms with Crippen molar-refractivity contribution in [2.45, 2.75) is 13.0 Å². The molecular weight excluding hydrogens is 447 g/mol. The van der Waals surface area contributed by atoms with E-state index in [1.807, 2.05) is 0 Å². The number of ether oxygens (including phenoxy) is 1. The number of thioether (sulfide) groups is 1. The molecule has 8 nitrogen and oxygen atoms in total. The van der Waals surface area contributed by atoms with Crippen LogP contribution in [0.3, 0.4) is 0 Å². The second-order valence-electron chi connectivity index (χ2n) is 7.37. The number of para-hydroxylation sites is 1. The summed E-state index contributed by atoms with van der Waals surface area (Å²) in [4.78, 5) is 40.0. The molecule has 1 N–H and O–H groups in total. The van der Waals surface area contributed by atoms with Gasteiger partial charge in [0.25, 0.3) is 5.91 Å². The molecule has 0 spiro atoms. The zero-order chi connectivity index (χ0) is 23.5. The minimum atomic E-state index is -0.783. The molecule has 0 saturated carbocycles. The van der Waals surface area contributed by atoms with Crippen molar-refractivity contribution in [2.24, 2.45) is 0 Å². The van der Waals surface area contributed by atoms with E-state index >= 15 is 0 Å². The van der Waals surface area contributed by atoms with Crippen molar-refractivity contribution >= 4 is 29.3 Å². The Hall–Kier alpha value is -3.66. The topological polar surface area (TPSA) is 93.5 Å². The molecule has 0 aliphatic carbocycles. The lowest BCUT2D eigenvalue weighted by molar-refractivity contribution is -0.119. The Morgan fingerprint density at radius 1 is 1.18 bits per heavy atom. The highest BCUT2D eigenvalue weighted by Gasteiger charge is 2.37. The third-order valence-electron chi connectivity index (χ3n) is 5.19. The van der Waals surface area contributed by atoms with E-state index in [1.165, 1.54) is 45.6 Å². The van der Waals surface area contributed by atoms with Gasteiger partial charge in [-0.1, -0.05) is 12.1 Å². The number of benzene rings is 2. The molecule has 3 aromatic rings. The minimum absolute atomic E-state index is 0.119. The van der Waals surface area contributed by atoms with Crippen LogP contribution in [-0.4, -0.2) is 51.3 Å². The molecule has 1 atom stereocenters. The molecular formula is C23H21FN4O4S. The number of nitrogens with zero attached hydrogens (tertiary/aromatic N) is 3. The monoisotopic (exact) mass is 468 g/mol. The molecule has 0 bridgehead atoms. The van der Waals surface area contributed by atoms with Gasteiger partial charge in [0.15, 0.2) is 5.69 Å². The molecule has 0 radical (unpaired) electrons. The van der Waals surface area contributed by atoms with Crippen molar-refractivity contribution in [1.29, 1.82) is 0 Å². The summed E-state index contributed by atoms with van der Waals surface area (Å²) in [5.41, 5.74) is 0.102. The number of halogens is 1. The van der Waals surface area contributed by atoms with Gasteiger partial charge in [-0.25, -0.2) is 9.07 Å². The molecule has 33 heavy (non-hydrogen) atoms. The van der Waals surface area contributed by atoms with Crippen LogP contribution < -0.4 is 15.5 Å². The van der Waals surface area contributed by atoms with Crippen LogP contribution in [-0.2, 0) is 4.79 Å². The summed E-state index contributed by atoms with van der Waals surface area (Å²) in [5, 5.41) is 6.95. The van der Waals surface area contributed by atoms with Crippen molar-refractivity contribution in [1.82, 2.24) is 14.7 Å². The molecule has 1 unspecified atom stereocenters. The van der Waals surface area contributed by atoms with Crippen LogP contribution in [0.25, 0.3) is 5.69 Å². The Balaban J connectivity index is 1.60. The number of anilines is 1. The van der Waals surface area contributed by atoms with Crippen LogP contribution in [0.2, 0.25) is 0 Å². The average Bonchev–Trinajstić information content (AvgIpc) is 3.30. The predicted molar refractivity (Wildman–Crippen MR) is 123 cm³/mol. The highest BCUT2D eigenvalue weighted by atomic mass is 32.2. The van der Waals surface area contributed by atoms with E-state index < -0.39 is 23.2 Å². The fourth-order valence-corrected chi connectivity index (χ4v) is 4.61.